The fourth-order valence-corrected chi connectivity index (χ4v) is 4.17. The number of carboxylic acid groups (broad SMARTS) is 1. The van der Waals surface area contributed by atoms with E-state index >= 15 is 0 Å². The van der Waals surface area contributed by atoms with Crippen LogP contribution in [-0.4, -0.2) is 36.3 Å². The molecule has 1 aliphatic heterocycles. The third kappa shape index (κ3) is 1.81. The molecule has 7 heteroatoms. The normalized spacial score (nSPS) is 20.6. The quantitative estimate of drug-likeness (QED) is 0.908. The van der Waals surface area contributed by atoms with Crippen LogP contribution in [0.3, 0.4) is 0 Å². The van der Waals surface area contributed by atoms with Gasteiger partial charge in [0, 0.05) is 6.54 Å². The summed E-state index contributed by atoms with van der Waals surface area (Å²) in [5.74, 6) is -1.54. The number of carboxylic acids is 1. The molecule has 0 saturated heterocycles. The Bertz CT molecular complexity index is 705. The third-order valence-corrected chi connectivity index (χ3v) is 5.69. The van der Waals surface area contributed by atoms with Gasteiger partial charge in [-0.05, 0) is 37.0 Å². The van der Waals surface area contributed by atoms with Crippen LogP contribution < -0.4 is 0 Å². The predicted molar refractivity (Wildman–Crippen MR) is 69.0 cm³/mol. The monoisotopic (exact) mass is 295 g/mol. The number of nitrogens with zero attached hydrogens (tertiary/aromatic N) is 1. The minimum Gasteiger partial charge on any atom is -0.478 e. The molecule has 0 atom stereocenters. The van der Waals surface area contributed by atoms with E-state index in [0.717, 1.165) is 29.6 Å². The van der Waals surface area contributed by atoms with E-state index in [2.05, 4.69) is 0 Å². The van der Waals surface area contributed by atoms with E-state index in [9.17, 15) is 18.0 Å². The van der Waals surface area contributed by atoms with E-state index in [1.165, 1.54) is 12.1 Å². The Hall–Kier alpha value is -1.89. The first-order valence-electron chi connectivity index (χ1n) is 6.35. The number of fused-ring (bicyclic) bond motifs is 1. The Morgan fingerprint density at radius 3 is 2.60 bits per heavy atom. The second-order valence-electron chi connectivity index (χ2n) is 5.15. The molecule has 1 heterocycles. The number of sulfonamides is 1. The van der Waals surface area contributed by atoms with Crippen LogP contribution in [0.4, 0.5) is 0 Å². The molecule has 1 N–H and O–H groups in total. The van der Waals surface area contributed by atoms with Crippen LogP contribution in [0.2, 0.25) is 0 Å². The molecule has 0 radical (unpaired) electrons. The molecule has 0 aromatic heterocycles. The number of rotatable bonds is 3. The van der Waals surface area contributed by atoms with E-state index < -0.39 is 21.9 Å². The van der Waals surface area contributed by atoms with Crippen molar-refractivity contribution in [2.45, 2.75) is 24.2 Å². The molecular weight excluding hydrogens is 282 g/mol. The highest BCUT2D eigenvalue weighted by atomic mass is 32.2. The van der Waals surface area contributed by atoms with Crippen molar-refractivity contribution in [2.75, 3.05) is 6.54 Å². The van der Waals surface area contributed by atoms with Crippen molar-refractivity contribution < 1.29 is 23.1 Å². The maximum absolute atomic E-state index is 12.4. The van der Waals surface area contributed by atoms with Gasteiger partial charge in [-0.25, -0.2) is 17.5 Å². The first kappa shape index (κ1) is 13.1. The molecule has 20 heavy (non-hydrogen) atoms. The van der Waals surface area contributed by atoms with E-state index in [1.54, 1.807) is 0 Å². The van der Waals surface area contributed by atoms with Gasteiger partial charge < -0.3 is 5.11 Å². The van der Waals surface area contributed by atoms with E-state index in [1.807, 2.05) is 0 Å². The summed E-state index contributed by atoms with van der Waals surface area (Å²) in [5.41, 5.74) is -0.0695. The summed E-state index contributed by atoms with van der Waals surface area (Å²) < 4.78 is 25.6. The Kier molecular flexibility index (Phi) is 2.82. The number of hydrogen-bond donors (Lipinski definition) is 1. The van der Waals surface area contributed by atoms with Crippen molar-refractivity contribution in [3.05, 3.63) is 29.3 Å². The lowest BCUT2D eigenvalue weighted by atomic mass is 9.85. The number of benzene rings is 1. The first-order chi connectivity index (χ1) is 9.41. The molecular formula is C13H13NO5S. The van der Waals surface area contributed by atoms with Gasteiger partial charge in [-0.3, -0.25) is 4.79 Å². The number of carbonyl (C=O) groups is 2. The maximum atomic E-state index is 12.4. The summed E-state index contributed by atoms with van der Waals surface area (Å²) in [7, 11) is -3.90. The molecule has 1 aromatic carbocycles. The largest absolute Gasteiger partial charge is 0.478 e. The van der Waals surface area contributed by atoms with Gasteiger partial charge in [0.25, 0.3) is 15.9 Å². The summed E-state index contributed by atoms with van der Waals surface area (Å²) in [5, 5.41) is 8.92. The van der Waals surface area contributed by atoms with Crippen LogP contribution in [-0.2, 0) is 10.0 Å². The molecule has 3 rings (SSSR count). The SMILES string of the molecule is O=C(O)c1ccc2c(c1)S(=O)(=O)N(CC1CCC1)C2=O. The molecule has 1 aromatic rings. The van der Waals surface area contributed by atoms with Crippen molar-refractivity contribution in [3.63, 3.8) is 0 Å². The van der Waals surface area contributed by atoms with Crippen molar-refractivity contribution in [1.29, 1.82) is 0 Å². The molecule has 1 saturated carbocycles. The molecule has 6 nitrogen and oxygen atoms in total. The first-order valence-corrected chi connectivity index (χ1v) is 7.79. The average molecular weight is 295 g/mol. The van der Waals surface area contributed by atoms with Gasteiger partial charge >= 0.3 is 5.97 Å². The zero-order chi connectivity index (χ0) is 14.5. The standard InChI is InChI=1S/C13H13NO5S/c15-12-10-5-4-9(13(16)17)6-11(10)20(18,19)14(12)7-8-2-1-3-8/h4-6,8H,1-3,7H2,(H,16,17). The van der Waals surface area contributed by atoms with Gasteiger partial charge in [-0.15, -0.1) is 0 Å². The highest BCUT2D eigenvalue weighted by Crippen LogP contribution is 2.35. The van der Waals surface area contributed by atoms with Crippen molar-refractivity contribution >= 4 is 21.9 Å². The zero-order valence-corrected chi connectivity index (χ0v) is 11.4. The van der Waals surface area contributed by atoms with Crippen LogP contribution in [0.5, 0.6) is 0 Å². The molecule has 106 valence electrons. The second-order valence-corrected chi connectivity index (χ2v) is 6.99. The number of amides is 1. The highest BCUT2D eigenvalue weighted by molar-refractivity contribution is 7.90. The van der Waals surface area contributed by atoms with Gasteiger partial charge in [-0.2, -0.15) is 0 Å². The Balaban J connectivity index is 2.03. The Morgan fingerprint density at radius 1 is 1.35 bits per heavy atom. The molecule has 2 aliphatic rings. The van der Waals surface area contributed by atoms with Crippen LogP contribution in [0.15, 0.2) is 23.1 Å². The number of aromatic carboxylic acids is 1. The highest BCUT2D eigenvalue weighted by Gasteiger charge is 2.43. The van der Waals surface area contributed by atoms with Gasteiger partial charge in [-0.1, -0.05) is 6.42 Å². The van der Waals surface area contributed by atoms with Crippen molar-refractivity contribution in [3.8, 4) is 0 Å². The minimum absolute atomic E-state index is 0.0642. The molecule has 0 spiro atoms. The molecule has 1 fully saturated rings. The summed E-state index contributed by atoms with van der Waals surface area (Å²) in [6, 6.07) is 3.59. The minimum atomic E-state index is -3.90. The van der Waals surface area contributed by atoms with Crippen molar-refractivity contribution in [2.24, 2.45) is 5.92 Å². The van der Waals surface area contributed by atoms with Crippen LogP contribution in [0.1, 0.15) is 40.0 Å². The molecule has 1 aliphatic carbocycles. The number of carbonyl (C=O) groups excluding carboxylic acids is 1. The van der Waals surface area contributed by atoms with Gasteiger partial charge in [0.05, 0.1) is 11.1 Å². The van der Waals surface area contributed by atoms with E-state index in [0.29, 0.717) is 0 Å². The van der Waals surface area contributed by atoms with Gasteiger partial charge in [0.15, 0.2) is 0 Å². The predicted octanol–water partition coefficient (Wildman–Crippen LogP) is 1.33. The van der Waals surface area contributed by atoms with Crippen LogP contribution in [0, 0.1) is 5.92 Å². The van der Waals surface area contributed by atoms with Crippen LogP contribution >= 0.6 is 0 Å². The van der Waals surface area contributed by atoms with Crippen LogP contribution in [0.25, 0.3) is 0 Å². The Labute approximate surface area is 116 Å². The van der Waals surface area contributed by atoms with Gasteiger partial charge in [0.2, 0.25) is 0 Å². The van der Waals surface area contributed by atoms with E-state index in [-0.39, 0.29) is 28.5 Å². The molecule has 0 bridgehead atoms. The summed E-state index contributed by atoms with van der Waals surface area (Å²) in [6.07, 6.45) is 2.91. The Morgan fingerprint density at radius 2 is 2.05 bits per heavy atom. The van der Waals surface area contributed by atoms with Gasteiger partial charge in [0.1, 0.15) is 4.90 Å². The maximum Gasteiger partial charge on any atom is 0.335 e. The molecule has 0 unspecified atom stereocenters. The third-order valence-electron chi connectivity index (χ3n) is 3.90. The fourth-order valence-electron chi connectivity index (χ4n) is 2.50. The summed E-state index contributed by atoms with van der Waals surface area (Å²) in [6.45, 7) is 0.193. The topological polar surface area (TPSA) is 91.8 Å². The summed E-state index contributed by atoms with van der Waals surface area (Å²) >= 11 is 0. The lowest BCUT2D eigenvalue weighted by Gasteiger charge is -2.29. The van der Waals surface area contributed by atoms with E-state index in [4.69, 9.17) is 5.11 Å². The average Bonchev–Trinajstić information content (AvgIpc) is 2.53. The molecule has 1 amide bonds. The number of hydrogen-bond acceptors (Lipinski definition) is 4. The summed E-state index contributed by atoms with van der Waals surface area (Å²) in [4.78, 5) is 22.9. The fraction of sp³-hybridized carbons (Fsp3) is 0.385. The lowest BCUT2D eigenvalue weighted by Crippen LogP contribution is -2.36. The lowest BCUT2D eigenvalue weighted by molar-refractivity contribution is 0.0695. The van der Waals surface area contributed by atoms with Crippen molar-refractivity contribution in [1.82, 2.24) is 4.31 Å². The zero-order valence-electron chi connectivity index (χ0n) is 10.6. The smallest absolute Gasteiger partial charge is 0.335 e. The second kappa shape index (κ2) is 4.31.